The summed E-state index contributed by atoms with van der Waals surface area (Å²) < 4.78 is 47.4. The van der Waals surface area contributed by atoms with Crippen molar-refractivity contribution in [1.29, 1.82) is 0 Å². The Labute approximate surface area is 61.5 Å². The summed E-state index contributed by atoms with van der Waals surface area (Å²) in [5.74, 6) is -4.01. The summed E-state index contributed by atoms with van der Waals surface area (Å²) in [6.07, 6.45) is 0.594. The largest absolute Gasteiger partial charge is 0.246 e. The minimum atomic E-state index is -1.46. The highest BCUT2D eigenvalue weighted by atomic mass is 19.2. The molecule has 0 atom stereocenters. The van der Waals surface area contributed by atoms with Crippen molar-refractivity contribution in [2.24, 2.45) is 0 Å². The summed E-state index contributed by atoms with van der Waals surface area (Å²) in [7, 11) is 0. The normalized spacial score (nSPS) is 13.5. The average molecular weight is 166 g/mol. The Morgan fingerprint density at radius 3 is 2.09 bits per heavy atom. The van der Waals surface area contributed by atoms with Gasteiger partial charge in [0.15, 0.2) is 11.7 Å². The average Bonchev–Trinajstić information content (AvgIpc) is 1.86. The number of halogens is 4. The zero-order valence-electron chi connectivity index (χ0n) is 5.58. The molecule has 11 heavy (non-hydrogen) atoms. The number of hydrogen-bond acceptors (Lipinski definition) is 0. The molecule has 62 valence electrons. The number of allylic oxidation sites excluding steroid dienone is 5. The van der Waals surface area contributed by atoms with Crippen molar-refractivity contribution in [1.82, 2.24) is 0 Å². The minimum Gasteiger partial charge on any atom is -0.246 e. The Hall–Kier alpha value is -1.06. The topological polar surface area (TPSA) is 0 Å². The van der Waals surface area contributed by atoms with Gasteiger partial charge in [-0.1, -0.05) is 6.58 Å². The molecule has 0 spiro atoms. The van der Waals surface area contributed by atoms with E-state index in [1.54, 1.807) is 0 Å². The summed E-state index contributed by atoms with van der Waals surface area (Å²) in [5.41, 5.74) is 0. The van der Waals surface area contributed by atoms with E-state index >= 15 is 0 Å². The number of hydrogen-bond donors (Lipinski definition) is 0. The van der Waals surface area contributed by atoms with E-state index in [1.807, 2.05) is 0 Å². The van der Waals surface area contributed by atoms with Crippen LogP contribution in [0, 0.1) is 0 Å². The van der Waals surface area contributed by atoms with E-state index in [0.29, 0.717) is 6.08 Å². The lowest BCUT2D eigenvalue weighted by atomic mass is 10.4. The molecule has 4 heteroatoms. The molecule has 0 aromatic heterocycles. The fourth-order valence-corrected chi connectivity index (χ4v) is 0.372. The third kappa shape index (κ3) is 4.36. The molecule has 0 fully saturated rings. The van der Waals surface area contributed by atoms with Crippen molar-refractivity contribution < 1.29 is 17.6 Å². The molecule has 0 saturated heterocycles. The van der Waals surface area contributed by atoms with Gasteiger partial charge in [0, 0.05) is 6.08 Å². The summed E-state index contributed by atoms with van der Waals surface area (Å²) >= 11 is 0. The van der Waals surface area contributed by atoms with Gasteiger partial charge >= 0.3 is 0 Å². The van der Waals surface area contributed by atoms with E-state index in [9.17, 15) is 17.6 Å². The van der Waals surface area contributed by atoms with Crippen molar-refractivity contribution in [2.45, 2.75) is 0 Å². The predicted octanol–water partition coefficient (Wildman–Crippen LogP) is 3.15. The molecule has 0 aliphatic rings. The van der Waals surface area contributed by atoms with Gasteiger partial charge in [0.05, 0.1) is 0 Å². The number of rotatable bonds is 3. The van der Waals surface area contributed by atoms with Crippen LogP contribution in [-0.2, 0) is 0 Å². The standard InChI is InChI=1S/C7H6F4/c1-5(9)4-7(11)6(10)2-3-8/h2,4H,1,3H2/b6-2+,7-4+. The summed E-state index contributed by atoms with van der Waals surface area (Å²) in [5, 5.41) is 0. The lowest BCUT2D eigenvalue weighted by Crippen LogP contribution is -1.77. The molecule has 0 bridgehead atoms. The van der Waals surface area contributed by atoms with Gasteiger partial charge in [0.1, 0.15) is 12.5 Å². The van der Waals surface area contributed by atoms with Crippen LogP contribution in [-0.4, -0.2) is 6.67 Å². The molecule has 0 saturated carbocycles. The second-order valence-electron chi connectivity index (χ2n) is 1.65. The Morgan fingerprint density at radius 1 is 1.18 bits per heavy atom. The van der Waals surface area contributed by atoms with Crippen LogP contribution in [0.4, 0.5) is 17.6 Å². The maximum atomic E-state index is 12.2. The first kappa shape index (κ1) is 9.94. The Morgan fingerprint density at radius 2 is 1.73 bits per heavy atom. The van der Waals surface area contributed by atoms with Gasteiger partial charge in [0.25, 0.3) is 0 Å². The third-order valence-electron chi connectivity index (χ3n) is 0.768. The lowest BCUT2D eigenvalue weighted by molar-refractivity contribution is 0.512. The lowest BCUT2D eigenvalue weighted by Gasteiger charge is -1.89. The van der Waals surface area contributed by atoms with E-state index in [2.05, 4.69) is 6.58 Å². The maximum Gasteiger partial charge on any atom is 0.161 e. The van der Waals surface area contributed by atoms with E-state index in [-0.39, 0.29) is 6.08 Å². The summed E-state index contributed by atoms with van der Waals surface area (Å²) in [6.45, 7) is 1.53. The molecule has 0 rings (SSSR count). The smallest absolute Gasteiger partial charge is 0.161 e. The maximum absolute atomic E-state index is 12.2. The van der Waals surface area contributed by atoms with Gasteiger partial charge in [-0.2, -0.15) is 0 Å². The van der Waals surface area contributed by atoms with Crippen molar-refractivity contribution in [3.05, 3.63) is 36.2 Å². The Kier molecular flexibility index (Phi) is 4.26. The molecular weight excluding hydrogens is 160 g/mol. The van der Waals surface area contributed by atoms with Gasteiger partial charge < -0.3 is 0 Å². The fraction of sp³-hybridized carbons (Fsp3) is 0.143. The molecule has 0 aromatic rings. The van der Waals surface area contributed by atoms with Gasteiger partial charge in [0.2, 0.25) is 0 Å². The van der Waals surface area contributed by atoms with Crippen LogP contribution in [0.1, 0.15) is 0 Å². The molecular formula is C7H6F4. The van der Waals surface area contributed by atoms with Crippen molar-refractivity contribution >= 4 is 0 Å². The highest BCUT2D eigenvalue weighted by Crippen LogP contribution is 2.14. The van der Waals surface area contributed by atoms with Crippen LogP contribution in [0.15, 0.2) is 36.2 Å². The van der Waals surface area contributed by atoms with Crippen molar-refractivity contribution in [2.75, 3.05) is 6.67 Å². The first-order chi connectivity index (χ1) is 5.07. The van der Waals surface area contributed by atoms with Gasteiger partial charge in [-0.3, -0.25) is 0 Å². The van der Waals surface area contributed by atoms with Crippen molar-refractivity contribution in [3.8, 4) is 0 Å². The zero-order valence-corrected chi connectivity index (χ0v) is 5.58. The SMILES string of the molecule is C=C(F)/C=C(F)\C(F)=C/CF. The van der Waals surface area contributed by atoms with Crippen LogP contribution < -0.4 is 0 Å². The highest BCUT2D eigenvalue weighted by molar-refractivity contribution is 5.24. The quantitative estimate of drug-likeness (QED) is 0.446. The van der Waals surface area contributed by atoms with Crippen LogP contribution in [0.25, 0.3) is 0 Å². The van der Waals surface area contributed by atoms with Gasteiger partial charge in [-0.25, -0.2) is 17.6 Å². The fourth-order valence-electron chi connectivity index (χ4n) is 0.372. The van der Waals surface area contributed by atoms with Crippen LogP contribution in [0.2, 0.25) is 0 Å². The molecule has 0 radical (unpaired) electrons. The molecule has 0 nitrogen and oxygen atoms in total. The summed E-state index contributed by atoms with van der Waals surface area (Å²) in [6, 6.07) is 0. The third-order valence-corrected chi connectivity index (χ3v) is 0.768. The second kappa shape index (κ2) is 4.71. The zero-order chi connectivity index (χ0) is 8.85. The van der Waals surface area contributed by atoms with Gasteiger partial charge in [-0.15, -0.1) is 0 Å². The molecule has 0 amide bonds. The predicted molar refractivity (Wildman–Crippen MR) is 34.6 cm³/mol. The van der Waals surface area contributed by atoms with E-state index < -0.39 is 24.2 Å². The van der Waals surface area contributed by atoms with E-state index in [1.165, 1.54) is 0 Å². The van der Waals surface area contributed by atoms with E-state index in [4.69, 9.17) is 0 Å². The Bertz CT molecular complexity index is 202. The highest BCUT2D eigenvalue weighted by Gasteiger charge is 2.02. The second-order valence-corrected chi connectivity index (χ2v) is 1.65. The monoisotopic (exact) mass is 166 g/mol. The van der Waals surface area contributed by atoms with Crippen LogP contribution in [0.3, 0.4) is 0 Å². The van der Waals surface area contributed by atoms with Crippen molar-refractivity contribution in [3.63, 3.8) is 0 Å². The molecule has 0 aliphatic heterocycles. The number of alkyl halides is 1. The molecule has 0 heterocycles. The van der Waals surface area contributed by atoms with Crippen LogP contribution in [0.5, 0.6) is 0 Å². The van der Waals surface area contributed by atoms with E-state index in [0.717, 1.165) is 0 Å². The summed E-state index contributed by atoms with van der Waals surface area (Å²) in [4.78, 5) is 0. The first-order valence-electron chi connectivity index (χ1n) is 2.71. The molecule has 0 unspecified atom stereocenters. The molecule has 0 aromatic carbocycles. The minimum absolute atomic E-state index is 0.238. The molecule has 0 N–H and O–H groups in total. The van der Waals surface area contributed by atoms with Crippen LogP contribution >= 0.6 is 0 Å². The molecule has 0 aliphatic carbocycles. The van der Waals surface area contributed by atoms with Gasteiger partial charge in [-0.05, 0) is 6.08 Å². The first-order valence-corrected chi connectivity index (χ1v) is 2.71. The Balaban J connectivity index is 4.35.